The maximum Gasteiger partial charge on any atom is 0.312 e. The highest BCUT2D eigenvalue weighted by Crippen LogP contribution is 2.11. The minimum absolute atomic E-state index is 0.0192. The molecule has 6 nitrogen and oxygen atoms in total. The summed E-state index contributed by atoms with van der Waals surface area (Å²) in [5.41, 5.74) is 12.1. The second-order valence-electron chi connectivity index (χ2n) is 4.92. The Balaban J connectivity index is 2.27. The lowest BCUT2D eigenvalue weighted by Gasteiger charge is -2.07. The van der Waals surface area contributed by atoms with Gasteiger partial charge in [-0.3, -0.25) is 4.79 Å². The molecule has 0 saturated heterocycles. The van der Waals surface area contributed by atoms with Gasteiger partial charge >= 0.3 is 6.03 Å². The highest BCUT2D eigenvalue weighted by molar-refractivity contribution is 5.90. The number of anilines is 1. The molecule has 0 fully saturated rings. The van der Waals surface area contributed by atoms with Crippen molar-refractivity contribution >= 4 is 17.6 Å². The molecule has 0 aromatic heterocycles. The molecule has 0 aliphatic carbocycles. The number of nitrogens with one attached hydrogen (secondary N) is 2. The number of rotatable bonds is 9. The Labute approximate surface area is 125 Å². The first-order valence-electron chi connectivity index (χ1n) is 7.24. The number of carbonyl (C=O) groups excluding carboxylic acids is 2. The molecule has 6 N–H and O–H groups in total. The van der Waals surface area contributed by atoms with Crippen molar-refractivity contribution in [2.45, 2.75) is 38.6 Å². The fourth-order valence-corrected chi connectivity index (χ4v) is 1.90. The minimum Gasteiger partial charge on any atom is -0.352 e. The summed E-state index contributed by atoms with van der Waals surface area (Å²) >= 11 is 0. The molecule has 0 heterocycles. The van der Waals surface area contributed by atoms with Gasteiger partial charge in [-0.25, -0.2) is 4.79 Å². The molecule has 21 heavy (non-hydrogen) atoms. The van der Waals surface area contributed by atoms with Gasteiger partial charge in [-0.05, 0) is 37.1 Å². The zero-order valence-electron chi connectivity index (χ0n) is 12.2. The van der Waals surface area contributed by atoms with E-state index in [0.29, 0.717) is 19.5 Å². The predicted molar refractivity (Wildman–Crippen MR) is 83.6 cm³/mol. The molecule has 0 aliphatic rings. The smallest absolute Gasteiger partial charge is 0.312 e. The van der Waals surface area contributed by atoms with Crippen LogP contribution in [0.2, 0.25) is 0 Å². The van der Waals surface area contributed by atoms with E-state index in [1.54, 1.807) is 0 Å². The molecule has 1 aromatic carbocycles. The van der Waals surface area contributed by atoms with Gasteiger partial charge in [0.2, 0.25) is 5.91 Å². The Hall–Kier alpha value is -2.08. The van der Waals surface area contributed by atoms with Crippen LogP contribution in [0.25, 0.3) is 0 Å². The van der Waals surface area contributed by atoms with Crippen LogP contribution in [0.1, 0.15) is 37.7 Å². The number of hydrogen-bond donors (Lipinski definition) is 4. The number of hydrogen-bond acceptors (Lipinski definition) is 3. The van der Waals surface area contributed by atoms with E-state index in [4.69, 9.17) is 11.5 Å². The van der Waals surface area contributed by atoms with Crippen LogP contribution in [-0.2, 0) is 11.3 Å². The number of carbonyl (C=O) groups is 2. The number of primary amides is 1. The highest BCUT2D eigenvalue weighted by atomic mass is 16.2. The van der Waals surface area contributed by atoms with Gasteiger partial charge in [-0.1, -0.05) is 25.0 Å². The maximum atomic E-state index is 11.7. The molecule has 0 aliphatic heterocycles. The van der Waals surface area contributed by atoms with Crippen molar-refractivity contribution in [1.29, 1.82) is 0 Å². The van der Waals surface area contributed by atoms with Crippen LogP contribution in [0.5, 0.6) is 0 Å². The Morgan fingerprint density at radius 1 is 1.00 bits per heavy atom. The van der Waals surface area contributed by atoms with E-state index in [9.17, 15) is 9.59 Å². The van der Waals surface area contributed by atoms with Crippen LogP contribution < -0.4 is 22.1 Å². The second-order valence-corrected chi connectivity index (χ2v) is 4.92. The van der Waals surface area contributed by atoms with Crippen LogP contribution >= 0.6 is 0 Å². The summed E-state index contributed by atoms with van der Waals surface area (Å²) in [5, 5.41) is 5.36. The average Bonchev–Trinajstić information content (AvgIpc) is 2.46. The molecular formula is C15H24N4O2. The van der Waals surface area contributed by atoms with Crippen LogP contribution in [0.3, 0.4) is 0 Å². The Morgan fingerprint density at radius 2 is 1.67 bits per heavy atom. The van der Waals surface area contributed by atoms with Crippen molar-refractivity contribution in [3.63, 3.8) is 0 Å². The topological polar surface area (TPSA) is 110 Å². The van der Waals surface area contributed by atoms with Crippen molar-refractivity contribution in [1.82, 2.24) is 5.32 Å². The molecule has 116 valence electrons. The van der Waals surface area contributed by atoms with Crippen molar-refractivity contribution in [2.24, 2.45) is 11.5 Å². The number of unbranched alkanes of at least 4 members (excludes halogenated alkanes) is 3. The molecule has 1 rings (SSSR count). The van der Waals surface area contributed by atoms with Gasteiger partial charge in [0.1, 0.15) is 0 Å². The van der Waals surface area contributed by atoms with Crippen molar-refractivity contribution in [3.8, 4) is 0 Å². The first kappa shape index (κ1) is 17.0. The lowest BCUT2D eigenvalue weighted by molar-refractivity contribution is -0.116. The predicted octanol–water partition coefficient (Wildman–Crippen LogP) is 1.70. The fraction of sp³-hybridized carbons (Fsp3) is 0.467. The minimum atomic E-state index is -0.554. The number of nitrogens with two attached hydrogens (primary N) is 2. The van der Waals surface area contributed by atoms with E-state index in [0.717, 1.165) is 36.9 Å². The van der Waals surface area contributed by atoms with Crippen molar-refractivity contribution < 1.29 is 9.59 Å². The van der Waals surface area contributed by atoms with Gasteiger partial charge in [-0.15, -0.1) is 0 Å². The summed E-state index contributed by atoms with van der Waals surface area (Å²) in [6.07, 6.45) is 4.53. The van der Waals surface area contributed by atoms with Crippen LogP contribution in [-0.4, -0.2) is 18.5 Å². The molecular weight excluding hydrogens is 268 g/mol. The summed E-state index contributed by atoms with van der Waals surface area (Å²) in [6, 6.07) is 6.75. The Bertz CT molecular complexity index is 445. The first-order chi connectivity index (χ1) is 10.1. The second kappa shape index (κ2) is 9.77. The van der Waals surface area contributed by atoms with E-state index in [1.807, 2.05) is 24.3 Å². The molecule has 0 saturated carbocycles. The fourth-order valence-electron chi connectivity index (χ4n) is 1.90. The zero-order valence-corrected chi connectivity index (χ0v) is 12.2. The summed E-state index contributed by atoms with van der Waals surface area (Å²) in [7, 11) is 0. The Kier molecular flexibility index (Phi) is 7.89. The van der Waals surface area contributed by atoms with Crippen LogP contribution in [0.15, 0.2) is 24.3 Å². The summed E-state index contributed by atoms with van der Waals surface area (Å²) in [4.78, 5) is 22.3. The zero-order chi connectivity index (χ0) is 15.5. The van der Waals surface area contributed by atoms with Crippen LogP contribution in [0.4, 0.5) is 10.5 Å². The highest BCUT2D eigenvalue weighted by Gasteiger charge is 2.02. The van der Waals surface area contributed by atoms with Gasteiger partial charge < -0.3 is 22.1 Å². The van der Waals surface area contributed by atoms with E-state index < -0.39 is 6.03 Å². The molecule has 1 aromatic rings. The lowest BCUT2D eigenvalue weighted by atomic mass is 10.1. The third kappa shape index (κ3) is 7.94. The quantitative estimate of drug-likeness (QED) is 0.520. The van der Waals surface area contributed by atoms with E-state index >= 15 is 0 Å². The van der Waals surface area contributed by atoms with Gasteiger partial charge in [0.05, 0.1) is 0 Å². The summed E-state index contributed by atoms with van der Waals surface area (Å²) in [5.74, 6) is 0.0192. The summed E-state index contributed by atoms with van der Waals surface area (Å²) < 4.78 is 0. The van der Waals surface area contributed by atoms with Gasteiger partial charge in [0.15, 0.2) is 0 Å². The third-order valence-corrected chi connectivity index (χ3v) is 3.06. The first-order valence-corrected chi connectivity index (χ1v) is 7.24. The number of amides is 3. The molecule has 6 heteroatoms. The van der Waals surface area contributed by atoms with Gasteiger partial charge in [0, 0.05) is 18.7 Å². The largest absolute Gasteiger partial charge is 0.352 e. The lowest BCUT2D eigenvalue weighted by Crippen LogP contribution is -2.28. The van der Waals surface area contributed by atoms with Crippen molar-refractivity contribution in [2.75, 3.05) is 11.9 Å². The van der Waals surface area contributed by atoms with E-state index in [1.165, 1.54) is 0 Å². The normalized spacial score (nSPS) is 10.1. The van der Waals surface area contributed by atoms with Crippen LogP contribution in [0, 0.1) is 0 Å². The third-order valence-electron chi connectivity index (χ3n) is 3.06. The van der Waals surface area contributed by atoms with Crippen molar-refractivity contribution in [3.05, 3.63) is 29.8 Å². The Morgan fingerprint density at radius 3 is 2.29 bits per heavy atom. The molecule has 3 amide bonds. The van der Waals surface area contributed by atoms with Gasteiger partial charge in [0.25, 0.3) is 0 Å². The molecule has 0 unspecified atom stereocenters. The van der Waals surface area contributed by atoms with Gasteiger partial charge in [-0.2, -0.15) is 0 Å². The van der Waals surface area contributed by atoms with E-state index in [2.05, 4.69) is 10.6 Å². The number of benzene rings is 1. The maximum absolute atomic E-state index is 11.7. The molecule has 0 atom stereocenters. The molecule has 0 radical (unpaired) electrons. The monoisotopic (exact) mass is 292 g/mol. The SMILES string of the molecule is NCCCCCCC(=O)Nc1ccc(CNC(N)=O)cc1. The standard InChI is InChI=1S/C15H24N4O2/c16-10-4-2-1-3-5-14(20)19-13-8-6-12(7-9-13)11-18-15(17)21/h6-9H,1-5,10-11,16H2,(H,19,20)(H3,17,18,21). The summed E-state index contributed by atoms with van der Waals surface area (Å²) in [6.45, 7) is 1.09. The molecule has 0 bridgehead atoms. The molecule has 0 spiro atoms. The average molecular weight is 292 g/mol. The number of urea groups is 1. The van der Waals surface area contributed by atoms with E-state index in [-0.39, 0.29) is 5.91 Å².